The number of amides is 3. The molecule has 1 aromatic rings. The predicted octanol–water partition coefficient (Wildman–Crippen LogP) is 1.08. The molecule has 1 aromatic heterocycles. The van der Waals surface area contributed by atoms with Crippen molar-refractivity contribution in [3.8, 4) is 0 Å². The minimum atomic E-state index is -1.23. The fourth-order valence-corrected chi connectivity index (χ4v) is 5.52. The molecule has 33 heavy (non-hydrogen) atoms. The molecule has 0 bridgehead atoms. The van der Waals surface area contributed by atoms with Crippen LogP contribution in [-0.2, 0) is 24.0 Å². The van der Waals surface area contributed by atoms with E-state index in [0.717, 1.165) is 29.1 Å². The highest BCUT2D eigenvalue weighted by molar-refractivity contribution is 8.00. The van der Waals surface area contributed by atoms with Crippen LogP contribution in [0.3, 0.4) is 0 Å². The first-order valence-corrected chi connectivity index (χ1v) is 11.8. The number of rotatable bonds is 9. The fourth-order valence-electron chi connectivity index (χ4n) is 3.53. The van der Waals surface area contributed by atoms with E-state index in [2.05, 4.69) is 27.4 Å². The Hall–Kier alpha value is -3.45. The Kier molecular flexibility index (Phi) is 6.60. The average molecular weight is 490 g/mol. The molecule has 2 aliphatic heterocycles. The van der Waals surface area contributed by atoms with Gasteiger partial charge >= 0.3 is 5.97 Å². The maximum absolute atomic E-state index is 13.1. The van der Waals surface area contributed by atoms with Gasteiger partial charge in [0.15, 0.2) is 10.8 Å². The summed E-state index contributed by atoms with van der Waals surface area (Å²) in [4.78, 5) is 59.0. The van der Waals surface area contributed by atoms with Gasteiger partial charge < -0.3 is 20.6 Å². The highest BCUT2D eigenvalue weighted by Crippen LogP contribution is 2.40. The zero-order valence-corrected chi connectivity index (χ0v) is 18.7. The van der Waals surface area contributed by atoms with Crippen LogP contribution in [0.15, 0.2) is 46.6 Å². The van der Waals surface area contributed by atoms with E-state index in [0.29, 0.717) is 17.7 Å². The van der Waals surface area contributed by atoms with Gasteiger partial charge in [-0.25, -0.2) is 9.78 Å². The Morgan fingerprint density at radius 3 is 2.91 bits per heavy atom. The van der Waals surface area contributed by atoms with Crippen molar-refractivity contribution < 1.29 is 29.1 Å². The number of carboxylic acid groups (broad SMARTS) is 1. The Balaban J connectivity index is 1.54. The number of thiazole rings is 1. The van der Waals surface area contributed by atoms with Crippen LogP contribution in [-0.4, -0.2) is 68.2 Å². The van der Waals surface area contributed by atoms with Crippen molar-refractivity contribution in [2.24, 2.45) is 5.16 Å². The number of allylic oxidation sites excluding steroid dienone is 2. The van der Waals surface area contributed by atoms with E-state index in [1.54, 1.807) is 0 Å². The largest absolute Gasteiger partial charge is 0.477 e. The summed E-state index contributed by atoms with van der Waals surface area (Å²) in [5.74, 6) is -2.13. The lowest BCUT2D eigenvalue weighted by molar-refractivity contribution is -0.150. The predicted molar refractivity (Wildman–Crippen MR) is 121 cm³/mol. The lowest BCUT2D eigenvalue weighted by Crippen LogP contribution is -2.71. The van der Waals surface area contributed by atoms with Crippen LogP contribution in [0.2, 0.25) is 0 Å². The minimum Gasteiger partial charge on any atom is -0.477 e. The van der Waals surface area contributed by atoms with Gasteiger partial charge in [-0.15, -0.1) is 23.1 Å². The minimum absolute atomic E-state index is 0.126. The number of β-lactam (4-membered cyclic amide) rings is 1. The van der Waals surface area contributed by atoms with Crippen molar-refractivity contribution in [2.45, 2.75) is 30.4 Å². The van der Waals surface area contributed by atoms with Gasteiger partial charge in [0, 0.05) is 11.1 Å². The number of hydrogen-bond acceptors (Lipinski definition) is 9. The SMILES string of the molecule is C=CC1=C(C(=O)O)N2C(=O)C(NC(=O)C(=NOC3C=CCC3)c3csc(NC=O)n3)[C@H]2SC1. The van der Waals surface area contributed by atoms with Gasteiger partial charge in [-0.2, -0.15) is 0 Å². The molecule has 4 rings (SSSR count). The van der Waals surface area contributed by atoms with Crippen molar-refractivity contribution in [3.05, 3.63) is 47.2 Å². The van der Waals surface area contributed by atoms with Gasteiger partial charge in [0.1, 0.15) is 28.9 Å². The van der Waals surface area contributed by atoms with E-state index in [1.807, 2.05) is 12.2 Å². The zero-order chi connectivity index (χ0) is 23.5. The normalized spacial score (nSPS) is 24.1. The first kappa shape index (κ1) is 22.7. The summed E-state index contributed by atoms with van der Waals surface area (Å²) in [5.41, 5.74) is 0.334. The molecule has 1 saturated heterocycles. The van der Waals surface area contributed by atoms with E-state index in [-0.39, 0.29) is 28.3 Å². The van der Waals surface area contributed by atoms with Crippen molar-refractivity contribution in [1.29, 1.82) is 0 Å². The zero-order valence-electron chi connectivity index (χ0n) is 17.1. The second kappa shape index (κ2) is 9.58. The van der Waals surface area contributed by atoms with E-state index in [4.69, 9.17) is 4.84 Å². The molecule has 1 aliphatic carbocycles. The Labute approximate surface area is 196 Å². The Morgan fingerprint density at radius 1 is 1.42 bits per heavy atom. The van der Waals surface area contributed by atoms with Gasteiger partial charge in [-0.05, 0) is 24.5 Å². The molecule has 0 aromatic carbocycles. The molecule has 11 nitrogen and oxygen atoms in total. The lowest BCUT2D eigenvalue weighted by Gasteiger charge is -2.49. The third-order valence-corrected chi connectivity index (χ3v) is 7.20. The summed E-state index contributed by atoms with van der Waals surface area (Å²) in [6.45, 7) is 3.61. The molecule has 172 valence electrons. The molecule has 3 N–H and O–H groups in total. The molecule has 3 aliphatic rings. The monoisotopic (exact) mass is 489 g/mol. The van der Waals surface area contributed by atoms with Crippen LogP contribution in [0.4, 0.5) is 5.13 Å². The van der Waals surface area contributed by atoms with Crippen LogP contribution in [0, 0.1) is 0 Å². The van der Waals surface area contributed by atoms with E-state index in [9.17, 15) is 24.3 Å². The third-order valence-electron chi connectivity index (χ3n) is 5.13. The number of anilines is 1. The molecule has 3 amide bonds. The highest BCUT2D eigenvalue weighted by Gasteiger charge is 2.54. The van der Waals surface area contributed by atoms with Crippen molar-refractivity contribution in [3.63, 3.8) is 0 Å². The van der Waals surface area contributed by atoms with Crippen LogP contribution in [0.5, 0.6) is 0 Å². The van der Waals surface area contributed by atoms with Crippen molar-refractivity contribution in [1.82, 2.24) is 15.2 Å². The fraction of sp³-hybridized carbons (Fsp3) is 0.300. The number of aliphatic carboxylic acids is 1. The molecule has 0 spiro atoms. The maximum atomic E-state index is 13.1. The van der Waals surface area contributed by atoms with E-state index < -0.39 is 29.2 Å². The van der Waals surface area contributed by atoms with Crippen LogP contribution < -0.4 is 10.6 Å². The summed E-state index contributed by atoms with van der Waals surface area (Å²) in [6.07, 6.45) is 6.94. The number of oxime groups is 1. The molecule has 3 heterocycles. The quantitative estimate of drug-likeness (QED) is 0.153. The summed E-state index contributed by atoms with van der Waals surface area (Å²) in [7, 11) is 0. The standard InChI is InChI=1S/C20H19N5O6S2/c1-2-10-7-32-18-14(17(28)25(18)15(10)19(29)30)23-16(27)13(24-31-11-5-3-4-6-11)12-8-33-20(22-12)21-9-26/h2-3,5,8-9,11,14,18H,1,4,6-7H2,(H,23,27)(H,29,30)(H,21,22,26)/t11?,14?,18-/m1/s1. The third kappa shape index (κ3) is 4.41. The number of aromatic nitrogens is 1. The second-order valence-electron chi connectivity index (χ2n) is 7.13. The molecule has 0 radical (unpaired) electrons. The summed E-state index contributed by atoms with van der Waals surface area (Å²) >= 11 is 2.43. The number of carbonyl (C=O) groups is 4. The molecule has 3 atom stereocenters. The Morgan fingerprint density at radius 2 is 2.24 bits per heavy atom. The number of fused-ring (bicyclic) bond motifs is 1. The van der Waals surface area contributed by atoms with Gasteiger partial charge in [-0.3, -0.25) is 19.3 Å². The van der Waals surface area contributed by atoms with Crippen LogP contribution in [0.25, 0.3) is 0 Å². The topological polar surface area (TPSA) is 150 Å². The van der Waals surface area contributed by atoms with Crippen molar-refractivity contribution in [2.75, 3.05) is 11.1 Å². The van der Waals surface area contributed by atoms with Gasteiger partial charge in [-0.1, -0.05) is 23.9 Å². The summed E-state index contributed by atoms with van der Waals surface area (Å²) in [5, 5.41) is 19.8. The molecule has 1 fully saturated rings. The summed E-state index contributed by atoms with van der Waals surface area (Å²) in [6, 6.07) is -0.939. The lowest BCUT2D eigenvalue weighted by atomic mass is 10.0. The average Bonchev–Trinajstić information content (AvgIpc) is 3.49. The number of carbonyl (C=O) groups excluding carboxylic acids is 3. The molecule has 2 unspecified atom stereocenters. The first-order chi connectivity index (χ1) is 15.9. The van der Waals surface area contributed by atoms with Gasteiger partial charge in [0.05, 0.1) is 0 Å². The van der Waals surface area contributed by atoms with Crippen molar-refractivity contribution >= 4 is 58.1 Å². The molecular weight excluding hydrogens is 470 g/mol. The van der Waals surface area contributed by atoms with Gasteiger partial charge in [0.2, 0.25) is 6.41 Å². The van der Waals surface area contributed by atoms with E-state index >= 15 is 0 Å². The second-order valence-corrected chi connectivity index (χ2v) is 9.10. The van der Waals surface area contributed by atoms with Crippen LogP contribution in [0.1, 0.15) is 18.5 Å². The van der Waals surface area contributed by atoms with Gasteiger partial charge in [0.25, 0.3) is 11.8 Å². The first-order valence-electron chi connectivity index (χ1n) is 9.85. The van der Waals surface area contributed by atoms with E-state index in [1.165, 1.54) is 23.2 Å². The molecular formula is C20H19N5O6S2. The number of nitrogens with zero attached hydrogens (tertiary/aromatic N) is 3. The number of thioether (sulfide) groups is 1. The Bertz CT molecular complexity index is 1110. The number of hydrogen-bond donors (Lipinski definition) is 3. The maximum Gasteiger partial charge on any atom is 0.352 e. The highest BCUT2D eigenvalue weighted by atomic mass is 32.2. The smallest absolute Gasteiger partial charge is 0.352 e. The number of nitrogens with one attached hydrogen (secondary N) is 2. The number of carboxylic acids is 1. The molecule has 0 saturated carbocycles. The molecule has 13 heteroatoms. The van der Waals surface area contributed by atoms with Crippen LogP contribution >= 0.6 is 23.1 Å². The summed E-state index contributed by atoms with van der Waals surface area (Å²) < 4.78 is 0.